The number of pyridine rings is 1. The van der Waals surface area contributed by atoms with Crippen LogP contribution in [0.5, 0.6) is 0 Å². The number of H-pyrrole nitrogens is 1. The number of hydrogen-bond donors (Lipinski definition) is 1. The van der Waals surface area contributed by atoms with Crippen LogP contribution < -0.4 is 0 Å². The molecule has 0 aliphatic rings. The zero-order valence-corrected chi connectivity index (χ0v) is 13.4. The van der Waals surface area contributed by atoms with E-state index in [1.807, 2.05) is 19.1 Å². The number of nitrogens with one attached hydrogen (secondary N) is 1. The molecule has 0 aliphatic carbocycles. The fourth-order valence-corrected chi connectivity index (χ4v) is 2.53. The quantitative estimate of drug-likeness (QED) is 0.682. The topological polar surface area (TPSA) is 41.6 Å². The number of benzene rings is 1. The van der Waals surface area contributed by atoms with Crippen LogP contribution in [0.15, 0.2) is 30.3 Å². The highest BCUT2D eigenvalue weighted by atomic mass is 15.1. The van der Waals surface area contributed by atoms with Crippen molar-refractivity contribution in [1.29, 1.82) is 0 Å². The first kappa shape index (κ1) is 14.3. The molecule has 110 valence electrons. The van der Waals surface area contributed by atoms with E-state index < -0.39 is 0 Å². The Bertz CT molecular complexity index is 872. The lowest BCUT2D eigenvalue weighted by molar-refractivity contribution is 0.571. The highest BCUT2D eigenvalue weighted by molar-refractivity contribution is 5.94. The molecular weight excluding hydrogens is 270 g/mol. The molecule has 2 heterocycles. The van der Waals surface area contributed by atoms with Gasteiger partial charge in [0, 0.05) is 27.8 Å². The van der Waals surface area contributed by atoms with Crippen molar-refractivity contribution in [3.8, 4) is 23.5 Å². The Morgan fingerprint density at radius 3 is 2.41 bits per heavy atom. The van der Waals surface area contributed by atoms with Crippen LogP contribution >= 0.6 is 0 Å². The van der Waals surface area contributed by atoms with Crippen molar-refractivity contribution >= 4 is 11.0 Å². The third-order valence-electron chi connectivity index (χ3n) is 3.84. The van der Waals surface area contributed by atoms with Crippen LogP contribution in [0, 0.1) is 19.3 Å². The number of aromatic amines is 1. The summed E-state index contributed by atoms with van der Waals surface area (Å²) < 4.78 is 0. The van der Waals surface area contributed by atoms with Crippen molar-refractivity contribution < 1.29 is 0 Å². The van der Waals surface area contributed by atoms with E-state index in [1.54, 1.807) is 0 Å². The molecule has 22 heavy (non-hydrogen) atoms. The number of aryl methyl sites for hydroxylation is 1. The van der Waals surface area contributed by atoms with Crippen LogP contribution in [-0.2, 0) is 5.41 Å². The third kappa shape index (κ3) is 2.37. The van der Waals surface area contributed by atoms with Crippen LogP contribution in [0.25, 0.3) is 22.2 Å². The van der Waals surface area contributed by atoms with E-state index in [0.29, 0.717) is 0 Å². The summed E-state index contributed by atoms with van der Waals surface area (Å²) in [6, 6.07) is 10.2. The molecule has 1 N–H and O–H groups in total. The van der Waals surface area contributed by atoms with Crippen molar-refractivity contribution in [3.05, 3.63) is 47.3 Å². The summed E-state index contributed by atoms with van der Waals surface area (Å²) in [6.45, 7) is 8.50. The Morgan fingerprint density at radius 1 is 1.14 bits per heavy atom. The van der Waals surface area contributed by atoms with Gasteiger partial charge in [0.2, 0.25) is 0 Å². The lowest BCUT2D eigenvalue weighted by Crippen LogP contribution is -2.13. The van der Waals surface area contributed by atoms with Crippen LogP contribution in [0.1, 0.15) is 37.7 Å². The Balaban J connectivity index is 2.30. The Morgan fingerprint density at radius 2 is 1.82 bits per heavy atom. The summed E-state index contributed by atoms with van der Waals surface area (Å²) in [6.07, 6.45) is 5.44. The zero-order chi connectivity index (χ0) is 15.9. The fourth-order valence-electron chi connectivity index (χ4n) is 2.53. The predicted octanol–water partition coefficient (Wildman–Crippen LogP) is 4.21. The normalized spacial score (nSPS) is 11.6. The van der Waals surface area contributed by atoms with Crippen molar-refractivity contribution in [2.24, 2.45) is 0 Å². The van der Waals surface area contributed by atoms with Crippen molar-refractivity contribution in [3.63, 3.8) is 0 Å². The lowest BCUT2D eigenvalue weighted by Gasteiger charge is -2.19. The van der Waals surface area contributed by atoms with E-state index in [2.05, 4.69) is 55.1 Å². The first-order valence-corrected chi connectivity index (χ1v) is 7.33. The molecule has 0 saturated heterocycles. The lowest BCUT2D eigenvalue weighted by atomic mass is 9.89. The maximum atomic E-state index is 5.44. The predicted molar refractivity (Wildman–Crippen MR) is 90.7 cm³/mol. The van der Waals surface area contributed by atoms with Gasteiger partial charge in [-0.15, -0.1) is 6.42 Å². The molecule has 0 saturated carbocycles. The van der Waals surface area contributed by atoms with Gasteiger partial charge in [0.15, 0.2) is 5.65 Å². The summed E-state index contributed by atoms with van der Waals surface area (Å²) >= 11 is 0. The van der Waals surface area contributed by atoms with Gasteiger partial charge >= 0.3 is 0 Å². The second kappa shape index (κ2) is 4.99. The first-order valence-electron chi connectivity index (χ1n) is 7.33. The Kier molecular flexibility index (Phi) is 3.26. The number of fused-ring (bicyclic) bond motifs is 1. The second-order valence-corrected chi connectivity index (χ2v) is 6.57. The number of aromatic nitrogens is 3. The molecule has 3 aromatic rings. The van der Waals surface area contributed by atoms with E-state index in [0.717, 1.165) is 39.1 Å². The molecule has 3 heteroatoms. The zero-order valence-electron chi connectivity index (χ0n) is 13.4. The minimum atomic E-state index is -0.0332. The minimum Gasteiger partial charge on any atom is -0.280 e. The summed E-state index contributed by atoms with van der Waals surface area (Å²) in [5, 5.41) is 8.46. The van der Waals surface area contributed by atoms with Crippen molar-refractivity contribution in [2.75, 3.05) is 0 Å². The van der Waals surface area contributed by atoms with Crippen molar-refractivity contribution in [2.45, 2.75) is 33.1 Å². The van der Waals surface area contributed by atoms with Crippen LogP contribution in [0.2, 0.25) is 0 Å². The van der Waals surface area contributed by atoms with Crippen molar-refractivity contribution in [1.82, 2.24) is 15.2 Å². The van der Waals surface area contributed by atoms with Crippen LogP contribution in [0.3, 0.4) is 0 Å². The molecule has 0 radical (unpaired) electrons. The SMILES string of the molecule is C#Cc1ccc(-c2cc(C(C)(C)C)nc3n[nH]c(C)c23)cc1. The maximum absolute atomic E-state index is 5.44. The van der Waals surface area contributed by atoms with Gasteiger partial charge in [-0.2, -0.15) is 5.10 Å². The van der Waals surface area contributed by atoms with Gasteiger partial charge in [-0.3, -0.25) is 5.10 Å². The van der Waals surface area contributed by atoms with E-state index in [-0.39, 0.29) is 5.41 Å². The van der Waals surface area contributed by atoms with Gasteiger partial charge in [0.1, 0.15) is 0 Å². The summed E-state index contributed by atoms with van der Waals surface area (Å²) in [4.78, 5) is 4.71. The molecule has 0 bridgehead atoms. The van der Waals surface area contributed by atoms with Gasteiger partial charge in [-0.05, 0) is 36.2 Å². The molecule has 0 aliphatic heterocycles. The highest BCUT2D eigenvalue weighted by Crippen LogP contribution is 2.33. The van der Waals surface area contributed by atoms with E-state index >= 15 is 0 Å². The van der Waals surface area contributed by atoms with E-state index in [4.69, 9.17) is 11.4 Å². The van der Waals surface area contributed by atoms with Crippen LogP contribution in [-0.4, -0.2) is 15.2 Å². The van der Waals surface area contributed by atoms with E-state index in [1.165, 1.54) is 0 Å². The number of hydrogen-bond acceptors (Lipinski definition) is 2. The largest absolute Gasteiger partial charge is 0.280 e. The molecule has 0 unspecified atom stereocenters. The minimum absolute atomic E-state index is 0.0332. The standard InChI is InChI=1S/C19H19N3/c1-6-13-7-9-14(10-8-13)15-11-16(19(3,4)5)20-18-17(15)12(2)21-22-18/h1,7-11H,2-5H3,(H,20,21,22). The molecule has 3 nitrogen and oxygen atoms in total. The molecule has 0 spiro atoms. The average molecular weight is 289 g/mol. The number of nitrogens with zero attached hydrogens (tertiary/aromatic N) is 2. The second-order valence-electron chi connectivity index (χ2n) is 6.57. The van der Waals surface area contributed by atoms with E-state index in [9.17, 15) is 0 Å². The molecule has 2 aromatic heterocycles. The monoisotopic (exact) mass is 289 g/mol. The van der Waals surface area contributed by atoms with Gasteiger partial charge in [0.25, 0.3) is 0 Å². The molecule has 0 fully saturated rings. The van der Waals surface area contributed by atoms with Gasteiger partial charge in [0.05, 0.1) is 0 Å². The molecule has 3 rings (SSSR count). The summed E-state index contributed by atoms with van der Waals surface area (Å²) in [7, 11) is 0. The van der Waals surface area contributed by atoms with Gasteiger partial charge in [-0.25, -0.2) is 4.98 Å². The number of rotatable bonds is 1. The molecule has 1 aromatic carbocycles. The molecular formula is C19H19N3. The first-order chi connectivity index (χ1) is 10.4. The van der Waals surface area contributed by atoms with Gasteiger partial charge in [-0.1, -0.05) is 38.8 Å². The summed E-state index contributed by atoms with van der Waals surface area (Å²) in [5.74, 6) is 2.65. The third-order valence-corrected chi connectivity index (χ3v) is 3.84. The Labute approximate surface area is 130 Å². The Hall–Kier alpha value is -2.60. The smallest absolute Gasteiger partial charge is 0.182 e. The molecule has 0 amide bonds. The van der Waals surface area contributed by atoms with Gasteiger partial charge < -0.3 is 0 Å². The fraction of sp³-hybridized carbons (Fsp3) is 0.263. The molecule has 0 atom stereocenters. The summed E-state index contributed by atoms with van der Waals surface area (Å²) in [5.41, 5.74) is 5.94. The number of terminal acetylenes is 1. The maximum Gasteiger partial charge on any atom is 0.182 e. The van der Waals surface area contributed by atoms with Crippen LogP contribution in [0.4, 0.5) is 0 Å². The average Bonchev–Trinajstić information content (AvgIpc) is 2.87. The highest BCUT2D eigenvalue weighted by Gasteiger charge is 2.20.